The fraction of sp³-hybridized carbons (Fsp3) is 0.154. The van der Waals surface area contributed by atoms with E-state index in [1.54, 1.807) is 36.5 Å². The zero-order valence-corrected chi connectivity index (χ0v) is 17.9. The van der Waals surface area contributed by atoms with Crippen molar-refractivity contribution in [1.29, 1.82) is 0 Å². The van der Waals surface area contributed by atoms with Crippen molar-refractivity contribution in [1.82, 2.24) is 10.3 Å². The average molecular weight is 466 g/mol. The van der Waals surface area contributed by atoms with Crippen LogP contribution >= 0.6 is 0 Å². The lowest BCUT2D eigenvalue weighted by atomic mass is 10.0. The summed E-state index contributed by atoms with van der Waals surface area (Å²) in [6, 6.07) is 19.5. The van der Waals surface area contributed by atoms with Gasteiger partial charge in [-0.05, 0) is 41.5 Å². The van der Waals surface area contributed by atoms with Crippen LogP contribution in [0.3, 0.4) is 0 Å². The molecule has 174 valence electrons. The van der Waals surface area contributed by atoms with Gasteiger partial charge in [0.15, 0.2) is 0 Å². The predicted molar refractivity (Wildman–Crippen MR) is 121 cm³/mol. The fourth-order valence-electron chi connectivity index (χ4n) is 3.64. The van der Waals surface area contributed by atoms with Crippen molar-refractivity contribution in [2.24, 2.45) is 0 Å². The molecule has 0 aliphatic heterocycles. The molecule has 0 saturated heterocycles. The smallest absolute Gasteiger partial charge is 0.416 e. The van der Waals surface area contributed by atoms with Gasteiger partial charge in [-0.25, -0.2) is 4.79 Å². The highest BCUT2D eigenvalue weighted by Crippen LogP contribution is 2.29. The van der Waals surface area contributed by atoms with E-state index in [1.165, 1.54) is 12.1 Å². The molecule has 1 atom stereocenters. The number of aromatic amines is 1. The summed E-state index contributed by atoms with van der Waals surface area (Å²) in [6.45, 7) is -0.353. The van der Waals surface area contributed by atoms with Gasteiger partial charge >= 0.3 is 12.1 Å². The second kappa shape index (κ2) is 9.82. The summed E-state index contributed by atoms with van der Waals surface area (Å²) in [4.78, 5) is 28.8. The van der Waals surface area contributed by atoms with E-state index in [1.807, 2.05) is 24.3 Å². The Balaban J connectivity index is 1.53. The van der Waals surface area contributed by atoms with Crippen molar-refractivity contribution in [3.05, 3.63) is 107 Å². The van der Waals surface area contributed by atoms with E-state index in [0.29, 0.717) is 5.56 Å². The van der Waals surface area contributed by atoms with Gasteiger partial charge in [0, 0.05) is 29.1 Å². The van der Waals surface area contributed by atoms with Crippen molar-refractivity contribution in [3.8, 4) is 0 Å². The fourth-order valence-corrected chi connectivity index (χ4v) is 3.64. The molecule has 1 unspecified atom stereocenters. The summed E-state index contributed by atoms with van der Waals surface area (Å²) in [5, 5.41) is 3.60. The van der Waals surface area contributed by atoms with Crippen LogP contribution < -0.4 is 5.32 Å². The number of H-pyrrole nitrogens is 1. The molecule has 0 bridgehead atoms. The number of fused-ring (bicyclic) bond motifs is 1. The first-order chi connectivity index (χ1) is 16.3. The number of nitrogens with one attached hydrogen (secondary N) is 2. The highest BCUT2D eigenvalue weighted by atomic mass is 19.4. The largest absolute Gasteiger partial charge is 0.459 e. The van der Waals surface area contributed by atoms with Gasteiger partial charge in [0.1, 0.15) is 12.6 Å². The maximum absolute atomic E-state index is 13.0. The molecule has 1 aromatic heterocycles. The topological polar surface area (TPSA) is 71.2 Å². The third-order valence-electron chi connectivity index (χ3n) is 5.36. The molecule has 1 heterocycles. The van der Waals surface area contributed by atoms with Crippen LogP contribution in [0.5, 0.6) is 0 Å². The summed E-state index contributed by atoms with van der Waals surface area (Å²) >= 11 is 0. The lowest BCUT2D eigenvalue weighted by molar-refractivity contribution is -0.147. The Morgan fingerprint density at radius 2 is 1.68 bits per heavy atom. The van der Waals surface area contributed by atoms with E-state index < -0.39 is 29.7 Å². The van der Waals surface area contributed by atoms with Gasteiger partial charge in [0.2, 0.25) is 0 Å². The van der Waals surface area contributed by atoms with Crippen LogP contribution in [0.2, 0.25) is 0 Å². The molecule has 0 fully saturated rings. The summed E-state index contributed by atoms with van der Waals surface area (Å²) in [7, 11) is 0. The highest BCUT2D eigenvalue weighted by molar-refractivity contribution is 5.97. The molecular formula is C26H21F3N2O3. The number of ether oxygens (including phenoxy) is 1. The molecule has 0 radical (unpaired) electrons. The first-order valence-electron chi connectivity index (χ1n) is 10.5. The number of aromatic nitrogens is 1. The lowest BCUT2D eigenvalue weighted by Crippen LogP contribution is -2.43. The van der Waals surface area contributed by atoms with Gasteiger partial charge in [0.05, 0.1) is 5.56 Å². The minimum absolute atomic E-state index is 0.143. The van der Waals surface area contributed by atoms with Crippen LogP contribution in [0.15, 0.2) is 85.1 Å². The predicted octanol–water partition coefficient (Wildman–Crippen LogP) is 5.27. The van der Waals surface area contributed by atoms with Gasteiger partial charge in [-0.15, -0.1) is 0 Å². The van der Waals surface area contributed by atoms with Crippen molar-refractivity contribution in [3.63, 3.8) is 0 Å². The zero-order chi connectivity index (χ0) is 24.1. The molecule has 3 aromatic carbocycles. The van der Waals surface area contributed by atoms with E-state index >= 15 is 0 Å². The van der Waals surface area contributed by atoms with Crippen molar-refractivity contribution < 1.29 is 27.5 Å². The summed E-state index contributed by atoms with van der Waals surface area (Å²) in [5.41, 5.74) is 1.42. The van der Waals surface area contributed by atoms with Gasteiger partial charge in [-0.1, -0.05) is 48.5 Å². The standard InChI is InChI=1S/C26H21F3N2O3/c27-26(28,29)20-10-6-7-17(13-20)16-34-25(33)23(31-24(32)18-8-2-1-3-9-18)14-19-15-30-22-12-5-4-11-21(19)22/h1-13,15,23,30H,14,16H2,(H,31,32). The SMILES string of the molecule is O=C(NC(Cc1c[nH]c2ccccc12)C(=O)OCc1cccc(C(F)(F)F)c1)c1ccccc1. The Morgan fingerprint density at radius 1 is 0.941 bits per heavy atom. The quantitative estimate of drug-likeness (QED) is 0.365. The molecule has 0 spiro atoms. The maximum Gasteiger partial charge on any atom is 0.416 e. The van der Waals surface area contributed by atoms with Crippen molar-refractivity contribution >= 4 is 22.8 Å². The molecule has 4 aromatic rings. The molecule has 8 heteroatoms. The highest BCUT2D eigenvalue weighted by Gasteiger charge is 2.30. The maximum atomic E-state index is 13.0. The van der Waals surface area contributed by atoms with E-state index in [9.17, 15) is 22.8 Å². The monoisotopic (exact) mass is 466 g/mol. The van der Waals surface area contributed by atoms with Crippen LogP contribution in [0.1, 0.15) is 27.0 Å². The van der Waals surface area contributed by atoms with Gasteiger partial charge in [0.25, 0.3) is 5.91 Å². The third kappa shape index (κ3) is 5.46. The molecular weight excluding hydrogens is 445 g/mol. The van der Waals surface area contributed by atoms with Crippen molar-refractivity contribution in [2.75, 3.05) is 0 Å². The first kappa shape index (κ1) is 23.1. The average Bonchev–Trinajstić information content (AvgIpc) is 3.25. The van der Waals surface area contributed by atoms with Gasteiger partial charge < -0.3 is 15.0 Å². The minimum Gasteiger partial charge on any atom is -0.459 e. The van der Waals surface area contributed by atoms with E-state index in [4.69, 9.17) is 4.74 Å². The molecule has 0 aliphatic carbocycles. The van der Waals surface area contributed by atoms with Crippen LogP contribution in [0.4, 0.5) is 13.2 Å². The second-order valence-electron chi connectivity index (χ2n) is 7.76. The first-order valence-corrected chi connectivity index (χ1v) is 10.5. The minimum atomic E-state index is -4.50. The number of esters is 1. The molecule has 2 N–H and O–H groups in total. The lowest BCUT2D eigenvalue weighted by Gasteiger charge is -2.18. The van der Waals surface area contributed by atoms with Crippen LogP contribution in [0, 0.1) is 0 Å². The van der Waals surface area contributed by atoms with E-state index in [0.717, 1.165) is 28.6 Å². The number of alkyl halides is 3. The van der Waals surface area contributed by atoms with Crippen molar-refractivity contribution in [2.45, 2.75) is 25.2 Å². The Morgan fingerprint density at radius 3 is 2.44 bits per heavy atom. The number of benzene rings is 3. The van der Waals surface area contributed by atoms with E-state index in [2.05, 4.69) is 10.3 Å². The summed E-state index contributed by atoms with van der Waals surface area (Å²) in [5.74, 6) is -1.20. The Hall–Kier alpha value is -4.07. The van der Waals surface area contributed by atoms with Gasteiger partial charge in [-0.3, -0.25) is 4.79 Å². The molecule has 1 amide bonds. The molecule has 0 saturated carbocycles. The number of rotatable bonds is 7. The number of hydrogen-bond acceptors (Lipinski definition) is 3. The number of carbonyl (C=O) groups excluding carboxylic acids is 2. The van der Waals surface area contributed by atoms with Crippen LogP contribution in [-0.2, 0) is 28.7 Å². The normalized spacial score (nSPS) is 12.3. The third-order valence-corrected chi connectivity index (χ3v) is 5.36. The Kier molecular flexibility index (Phi) is 6.67. The number of para-hydroxylation sites is 1. The summed E-state index contributed by atoms with van der Waals surface area (Å²) in [6.07, 6.45) is -2.60. The molecule has 34 heavy (non-hydrogen) atoms. The number of carbonyl (C=O) groups is 2. The molecule has 5 nitrogen and oxygen atoms in total. The van der Waals surface area contributed by atoms with Crippen LogP contribution in [0.25, 0.3) is 10.9 Å². The van der Waals surface area contributed by atoms with E-state index in [-0.39, 0.29) is 18.6 Å². The summed E-state index contributed by atoms with van der Waals surface area (Å²) < 4.78 is 44.3. The second-order valence-corrected chi connectivity index (χ2v) is 7.76. The Labute approximate surface area is 193 Å². The number of halogens is 3. The number of amides is 1. The Bertz CT molecular complexity index is 1300. The van der Waals surface area contributed by atoms with Gasteiger partial charge in [-0.2, -0.15) is 13.2 Å². The molecule has 4 rings (SSSR count). The zero-order valence-electron chi connectivity index (χ0n) is 17.9. The van der Waals surface area contributed by atoms with Crippen LogP contribution in [-0.4, -0.2) is 22.9 Å². The molecule has 0 aliphatic rings. The number of hydrogen-bond donors (Lipinski definition) is 2.